The van der Waals surface area contributed by atoms with Gasteiger partial charge in [-0.1, -0.05) is 43.4 Å². The molecule has 0 bridgehead atoms. The van der Waals surface area contributed by atoms with Gasteiger partial charge in [-0.25, -0.2) is 9.97 Å². The average molecular weight is 597 g/mol. The fourth-order valence-corrected chi connectivity index (χ4v) is 6.46. The maximum atomic E-state index is 13.8. The Morgan fingerprint density at radius 3 is 2.63 bits per heavy atom. The Kier molecular flexibility index (Phi) is 7.39. The van der Waals surface area contributed by atoms with Crippen LogP contribution in [0.4, 0.5) is 5.13 Å². The number of anilines is 1. The van der Waals surface area contributed by atoms with Crippen molar-refractivity contribution in [1.82, 2.24) is 14.4 Å². The molecule has 0 radical (unpaired) electrons. The number of thiazole rings is 1. The molecule has 220 valence electrons. The Morgan fingerprint density at radius 2 is 1.86 bits per heavy atom. The second-order valence-corrected chi connectivity index (χ2v) is 12.1. The number of benzene rings is 2. The quantitative estimate of drug-likeness (QED) is 0.122. The summed E-state index contributed by atoms with van der Waals surface area (Å²) in [6, 6.07) is 15.6. The molecule has 0 aliphatic carbocycles. The highest BCUT2D eigenvalue weighted by molar-refractivity contribution is 7.22. The summed E-state index contributed by atoms with van der Waals surface area (Å²) in [6.07, 6.45) is 2.64. The molecule has 4 heterocycles. The number of aliphatic hydroxyl groups excluding tert-OH is 1. The predicted octanol–water partition coefficient (Wildman–Crippen LogP) is 6.62. The molecule has 0 saturated carbocycles. The van der Waals surface area contributed by atoms with Crippen molar-refractivity contribution < 1.29 is 24.2 Å². The summed E-state index contributed by atoms with van der Waals surface area (Å²) in [7, 11) is 1.54. The van der Waals surface area contributed by atoms with Crippen LogP contribution in [0.3, 0.4) is 0 Å². The van der Waals surface area contributed by atoms with Gasteiger partial charge in [0.25, 0.3) is 5.78 Å². The summed E-state index contributed by atoms with van der Waals surface area (Å²) in [5, 5.41) is 12.2. The van der Waals surface area contributed by atoms with Gasteiger partial charge >= 0.3 is 5.91 Å². The first-order valence-electron chi connectivity index (χ1n) is 14.1. The highest BCUT2D eigenvalue weighted by Gasteiger charge is 2.49. The molecule has 1 amide bonds. The third-order valence-corrected chi connectivity index (χ3v) is 8.59. The number of imidazole rings is 1. The van der Waals surface area contributed by atoms with Gasteiger partial charge in [0.05, 0.1) is 41.2 Å². The van der Waals surface area contributed by atoms with E-state index in [0.717, 1.165) is 22.2 Å². The van der Waals surface area contributed by atoms with Gasteiger partial charge in [0, 0.05) is 6.20 Å². The smallest absolute Gasteiger partial charge is 0.301 e. The monoisotopic (exact) mass is 596 g/mol. The van der Waals surface area contributed by atoms with Crippen LogP contribution >= 0.6 is 11.3 Å². The maximum Gasteiger partial charge on any atom is 0.301 e. The van der Waals surface area contributed by atoms with Crippen molar-refractivity contribution in [3.05, 3.63) is 88.9 Å². The molecule has 0 spiro atoms. The topological polar surface area (TPSA) is 106 Å². The minimum atomic E-state index is -0.978. The lowest BCUT2D eigenvalue weighted by Gasteiger charge is -2.24. The molecule has 3 aromatic heterocycles. The van der Waals surface area contributed by atoms with E-state index in [9.17, 15) is 14.7 Å². The van der Waals surface area contributed by atoms with E-state index in [-0.39, 0.29) is 11.3 Å². The zero-order valence-electron chi connectivity index (χ0n) is 24.6. The normalized spacial score (nSPS) is 16.6. The van der Waals surface area contributed by atoms with Crippen LogP contribution in [0.25, 0.3) is 21.6 Å². The number of hydrogen-bond acceptors (Lipinski definition) is 8. The molecular formula is C33H32N4O5S. The number of carbonyl (C=O) groups is 2. The van der Waals surface area contributed by atoms with Gasteiger partial charge in [-0.3, -0.25) is 18.9 Å². The summed E-state index contributed by atoms with van der Waals surface area (Å²) < 4.78 is 14.3. The second kappa shape index (κ2) is 11.2. The van der Waals surface area contributed by atoms with Gasteiger partial charge in [0.2, 0.25) is 0 Å². The molecule has 6 rings (SSSR count). The van der Waals surface area contributed by atoms with E-state index in [1.165, 1.54) is 16.2 Å². The molecule has 1 saturated heterocycles. The van der Waals surface area contributed by atoms with E-state index in [1.54, 1.807) is 42.8 Å². The number of ketones is 1. The van der Waals surface area contributed by atoms with Crippen molar-refractivity contribution in [2.24, 2.45) is 5.92 Å². The van der Waals surface area contributed by atoms with Crippen LogP contribution in [0.5, 0.6) is 11.5 Å². The van der Waals surface area contributed by atoms with E-state index >= 15 is 0 Å². The molecule has 9 nitrogen and oxygen atoms in total. The van der Waals surface area contributed by atoms with Crippen molar-refractivity contribution >= 4 is 49.8 Å². The zero-order chi connectivity index (χ0) is 30.4. The van der Waals surface area contributed by atoms with Crippen LogP contribution in [0.2, 0.25) is 0 Å². The van der Waals surface area contributed by atoms with Crippen molar-refractivity contribution in [1.29, 1.82) is 0 Å². The van der Waals surface area contributed by atoms with E-state index in [0.29, 0.717) is 51.8 Å². The maximum absolute atomic E-state index is 13.8. The zero-order valence-corrected chi connectivity index (χ0v) is 25.4. The number of fused-ring (bicyclic) bond motifs is 2. The van der Waals surface area contributed by atoms with Gasteiger partial charge in [0.15, 0.2) is 22.4 Å². The number of aryl methyl sites for hydroxylation is 2. The molecule has 10 heteroatoms. The van der Waals surface area contributed by atoms with Gasteiger partial charge < -0.3 is 14.6 Å². The summed E-state index contributed by atoms with van der Waals surface area (Å²) >= 11 is 1.32. The molecule has 43 heavy (non-hydrogen) atoms. The third-order valence-electron chi connectivity index (χ3n) is 7.57. The molecular weight excluding hydrogens is 564 g/mol. The summed E-state index contributed by atoms with van der Waals surface area (Å²) in [4.78, 5) is 38.3. The molecule has 1 unspecified atom stereocenters. The number of Topliss-reactive ketones (excluding diaryl/α,β-unsaturated/α-hetero) is 1. The lowest BCUT2D eigenvalue weighted by molar-refractivity contribution is -0.132. The van der Waals surface area contributed by atoms with Crippen LogP contribution in [-0.2, 0) is 9.59 Å². The predicted molar refractivity (Wildman–Crippen MR) is 167 cm³/mol. The Hall–Kier alpha value is -4.70. The first kappa shape index (κ1) is 28.4. The number of rotatable bonds is 8. The highest BCUT2D eigenvalue weighted by atomic mass is 32.1. The number of amides is 1. The standard InChI is InChI=1S/C33H32N4O5S/c1-18(2)13-15-42-23-12-10-21(17-24(23)41-5)29-27(30(38)28-20(4)34-26-8-6-7-14-36(26)28)31(39)32(40)37(29)33-35-22-11-9-19(3)16-25(22)43-33/h6-12,14,16-18,29,38H,13,15H2,1-5H3. The number of carbonyl (C=O) groups excluding carboxylic acids is 2. The van der Waals surface area contributed by atoms with Crippen molar-refractivity contribution in [2.45, 2.75) is 40.2 Å². The Labute approximate surface area is 253 Å². The number of methoxy groups -OCH3 is 1. The highest BCUT2D eigenvalue weighted by Crippen LogP contribution is 2.46. The van der Waals surface area contributed by atoms with Gasteiger partial charge in [-0.05, 0) is 73.7 Å². The van der Waals surface area contributed by atoms with E-state index < -0.39 is 17.7 Å². The minimum absolute atomic E-state index is 0.0512. The Morgan fingerprint density at radius 1 is 1.05 bits per heavy atom. The Bertz CT molecular complexity index is 1920. The summed E-state index contributed by atoms with van der Waals surface area (Å²) in [6.45, 7) is 8.52. The van der Waals surface area contributed by atoms with Crippen LogP contribution in [0.15, 0.2) is 66.4 Å². The van der Waals surface area contributed by atoms with E-state index in [4.69, 9.17) is 14.5 Å². The number of nitrogens with zero attached hydrogens (tertiary/aromatic N) is 4. The third kappa shape index (κ3) is 5.01. The molecule has 5 aromatic rings. The van der Waals surface area contributed by atoms with E-state index in [2.05, 4.69) is 18.8 Å². The lowest BCUT2D eigenvalue weighted by Crippen LogP contribution is -2.29. The molecule has 1 aliphatic heterocycles. The van der Waals surface area contributed by atoms with Gasteiger partial charge in [0.1, 0.15) is 11.3 Å². The molecule has 1 aliphatic rings. The van der Waals surface area contributed by atoms with Crippen LogP contribution in [0.1, 0.15) is 48.8 Å². The number of aliphatic hydroxyl groups is 1. The average Bonchev–Trinajstić information content (AvgIpc) is 3.63. The fraction of sp³-hybridized carbons (Fsp3) is 0.273. The van der Waals surface area contributed by atoms with Crippen LogP contribution in [-0.4, -0.2) is 44.9 Å². The lowest BCUT2D eigenvalue weighted by atomic mass is 9.96. The number of aromatic nitrogens is 3. The first-order valence-corrected chi connectivity index (χ1v) is 14.9. The van der Waals surface area contributed by atoms with Crippen molar-refractivity contribution in [3.63, 3.8) is 0 Å². The first-order chi connectivity index (χ1) is 20.7. The Balaban J connectivity index is 1.55. The van der Waals surface area contributed by atoms with Crippen molar-refractivity contribution in [2.75, 3.05) is 18.6 Å². The number of pyridine rings is 1. The molecule has 2 aromatic carbocycles. The molecule has 1 fully saturated rings. The van der Waals surface area contributed by atoms with E-state index in [1.807, 2.05) is 43.3 Å². The van der Waals surface area contributed by atoms with Crippen LogP contribution < -0.4 is 14.4 Å². The number of hydrogen-bond donors (Lipinski definition) is 1. The summed E-state index contributed by atoms with van der Waals surface area (Å²) in [5.41, 5.74) is 3.77. The van der Waals surface area contributed by atoms with Crippen molar-refractivity contribution in [3.8, 4) is 11.5 Å². The van der Waals surface area contributed by atoms with Crippen LogP contribution in [0, 0.1) is 19.8 Å². The second-order valence-electron chi connectivity index (χ2n) is 11.1. The summed E-state index contributed by atoms with van der Waals surface area (Å²) in [5.74, 6) is -0.403. The largest absolute Gasteiger partial charge is 0.505 e. The SMILES string of the molecule is COc1cc(C2C(=C(O)c3c(C)nc4ccccn34)C(=O)C(=O)N2c2nc3ccc(C)cc3s2)ccc1OCCC(C)C. The number of ether oxygens (including phenoxy) is 2. The molecule has 1 N–H and O–H groups in total. The molecule has 1 atom stereocenters. The van der Waals surface area contributed by atoms with Gasteiger partial charge in [-0.15, -0.1) is 0 Å². The minimum Gasteiger partial charge on any atom is -0.505 e. The fourth-order valence-electron chi connectivity index (χ4n) is 5.37. The van der Waals surface area contributed by atoms with Gasteiger partial charge in [-0.2, -0.15) is 0 Å².